The van der Waals surface area contributed by atoms with Crippen molar-refractivity contribution in [3.8, 4) is 0 Å². The minimum Gasteiger partial charge on any atom is -0.461 e. The summed E-state index contributed by atoms with van der Waals surface area (Å²) >= 11 is 1.25. The smallest absolute Gasteiger partial charge is 0.367 e. The number of carbonyl (C=O) groups excluding carboxylic acids is 1. The summed E-state index contributed by atoms with van der Waals surface area (Å²) in [4.78, 5) is 15.6. The lowest BCUT2D eigenvalue weighted by atomic mass is 10.2. The van der Waals surface area contributed by atoms with Crippen molar-refractivity contribution in [3.05, 3.63) is 52.0 Å². The van der Waals surface area contributed by atoms with E-state index in [1.165, 1.54) is 11.3 Å². The van der Waals surface area contributed by atoms with Crippen molar-refractivity contribution in [2.45, 2.75) is 20.1 Å². The van der Waals surface area contributed by atoms with Gasteiger partial charge in [0.15, 0.2) is 0 Å². The van der Waals surface area contributed by atoms with Crippen LogP contribution < -0.4 is 0 Å². The first-order valence-electron chi connectivity index (χ1n) is 6.60. The van der Waals surface area contributed by atoms with Gasteiger partial charge < -0.3 is 14.2 Å². The van der Waals surface area contributed by atoms with Crippen LogP contribution in [-0.4, -0.2) is 24.4 Å². The molecule has 6 heteroatoms. The van der Waals surface area contributed by atoms with Crippen LogP contribution in [0.2, 0.25) is 0 Å². The molecular weight excluding hydrogens is 290 g/mol. The molecule has 0 saturated heterocycles. The van der Waals surface area contributed by atoms with Gasteiger partial charge in [-0.05, 0) is 12.5 Å². The third-order valence-corrected chi connectivity index (χ3v) is 3.40. The summed E-state index contributed by atoms with van der Waals surface area (Å²) in [6.45, 7) is 3.11. The maximum absolute atomic E-state index is 11.5. The van der Waals surface area contributed by atoms with Gasteiger partial charge in [0, 0.05) is 5.38 Å². The van der Waals surface area contributed by atoms with Gasteiger partial charge in [0.2, 0.25) is 5.01 Å². The number of benzene rings is 1. The van der Waals surface area contributed by atoms with Gasteiger partial charge in [0.1, 0.15) is 6.79 Å². The molecule has 0 bridgehead atoms. The molecule has 0 unspecified atom stereocenters. The molecular formula is C15H17NO4S. The van der Waals surface area contributed by atoms with Gasteiger partial charge in [-0.2, -0.15) is 0 Å². The number of carbonyl (C=O) groups is 1. The van der Waals surface area contributed by atoms with E-state index in [0.29, 0.717) is 30.5 Å². The van der Waals surface area contributed by atoms with Crippen LogP contribution in [-0.2, 0) is 27.4 Å². The van der Waals surface area contributed by atoms with E-state index in [9.17, 15) is 4.79 Å². The summed E-state index contributed by atoms with van der Waals surface area (Å²) in [6.07, 6.45) is 0. The van der Waals surface area contributed by atoms with Gasteiger partial charge in [-0.1, -0.05) is 30.3 Å². The largest absolute Gasteiger partial charge is 0.461 e. The molecule has 112 valence electrons. The normalized spacial score (nSPS) is 10.5. The maximum atomic E-state index is 11.5. The quantitative estimate of drug-likeness (QED) is 0.426. The summed E-state index contributed by atoms with van der Waals surface area (Å²) in [5.74, 6) is -0.394. The molecule has 2 aromatic rings. The van der Waals surface area contributed by atoms with E-state index in [1.807, 2.05) is 30.3 Å². The molecule has 0 spiro atoms. The zero-order valence-corrected chi connectivity index (χ0v) is 12.6. The van der Waals surface area contributed by atoms with E-state index in [4.69, 9.17) is 14.2 Å². The zero-order valence-electron chi connectivity index (χ0n) is 11.8. The van der Waals surface area contributed by atoms with E-state index >= 15 is 0 Å². The highest BCUT2D eigenvalue weighted by Crippen LogP contribution is 2.12. The van der Waals surface area contributed by atoms with Crippen molar-refractivity contribution >= 4 is 17.3 Å². The fourth-order valence-corrected chi connectivity index (χ4v) is 2.29. The lowest BCUT2D eigenvalue weighted by Crippen LogP contribution is -2.05. The van der Waals surface area contributed by atoms with E-state index in [1.54, 1.807) is 12.3 Å². The van der Waals surface area contributed by atoms with Gasteiger partial charge in [0.25, 0.3) is 0 Å². The number of nitrogens with zero attached hydrogens (tertiary/aromatic N) is 1. The molecule has 21 heavy (non-hydrogen) atoms. The Bertz CT molecular complexity index is 556. The SMILES string of the molecule is CCOC(=O)c1nc(COCOCc2ccccc2)cs1. The van der Waals surface area contributed by atoms with Crippen molar-refractivity contribution in [2.75, 3.05) is 13.4 Å². The fourth-order valence-electron chi connectivity index (χ4n) is 1.60. The summed E-state index contributed by atoms with van der Waals surface area (Å²) in [7, 11) is 0. The third kappa shape index (κ3) is 5.26. The Balaban J connectivity index is 1.66. The molecule has 0 radical (unpaired) electrons. The van der Waals surface area contributed by atoms with Crippen LogP contribution in [0.15, 0.2) is 35.7 Å². The molecule has 0 amide bonds. The minimum atomic E-state index is -0.394. The molecule has 0 aliphatic carbocycles. The van der Waals surface area contributed by atoms with Crippen LogP contribution in [0.25, 0.3) is 0 Å². The molecule has 0 atom stereocenters. The number of rotatable bonds is 8. The molecule has 1 aromatic heterocycles. The van der Waals surface area contributed by atoms with Crippen molar-refractivity contribution in [3.63, 3.8) is 0 Å². The Morgan fingerprint density at radius 1 is 1.19 bits per heavy atom. The monoisotopic (exact) mass is 307 g/mol. The van der Waals surface area contributed by atoms with Crippen LogP contribution >= 0.6 is 11.3 Å². The van der Waals surface area contributed by atoms with Crippen LogP contribution in [0.4, 0.5) is 0 Å². The number of ether oxygens (including phenoxy) is 3. The summed E-state index contributed by atoms with van der Waals surface area (Å²) in [6, 6.07) is 9.87. The first-order chi connectivity index (χ1) is 10.3. The molecule has 0 saturated carbocycles. The first-order valence-corrected chi connectivity index (χ1v) is 7.48. The maximum Gasteiger partial charge on any atom is 0.367 e. The Morgan fingerprint density at radius 3 is 2.71 bits per heavy atom. The lowest BCUT2D eigenvalue weighted by Gasteiger charge is -2.04. The molecule has 5 nitrogen and oxygen atoms in total. The fraction of sp³-hybridized carbons (Fsp3) is 0.333. The summed E-state index contributed by atoms with van der Waals surface area (Å²) in [5, 5.41) is 2.13. The number of hydrogen-bond donors (Lipinski definition) is 0. The van der Waals surface area contributed by atoms with Gasteiger partial charge in [-0.25, -0.2) is 9.78 Å². The van der Waals surface area contributed by atoms with Crippen LogP contribution in [0, 0.1) is 0 Å². The zero-order chi connectivity index (χ0) is 14.9. The Morgan fingerprint density at radius 2 is 1.95 bits per heavy atom. The Kier molecular flexibility index (Phi) is 6.33. The van der Waals surface area contributed by atoms with Crippen molar-refractivity contribution < 1.29 is 19.0 Å². The molecule has 1 aromatic carbocycles. The lowest BCUT2D eigenvalue weighted by molar-refractivity contribution is -0.0696. The van der Waals surface area contributed by atoms with Crippen LogP contribution in [0.1, 0.15) is 28.0 Å². The third-order valence-electron chi connectivity index (χ3n) is 2.53. The summed E-state index contributed by atoms with van der Waals surface area (Å²) < 4.78 is 15.6. The molecule has 1 heterocycles. The number of esters is 1. The van der Waals surface area contributed by atoms with Crippen molar-refractivity contribution in [1.29, 1.82) is 0 Å². The second-order valence-electron chi connectivity index (χ2n) is 4.16. The second kappa shape index (κ2) is 8.51. The van der Waals surface area contributed by atoms with Gasteiger partial charge in [-0.3, -0.25) is 0 Å². The second-order valence-corrected chi connectivity index (χ2v) is 5.02. The number of thiazole rings is 1. The average molecular weight is 307 g/mol. The van der Waals surface area contributed by atoms with E-state index in [0.717, 1.165) is 5.56 Å². The highest BCUT2D eigenvalue weighted by Gasteiger charge is 2.11. The number of hydrogen-bond acceptors (Lipinski definition) is 6. The van der Waals surface area contributed by atoms with E-state index < -0.39 is 5.97 Å². The molecule has 0 fully saturated rings. The molecule has 0 aliphatic rings. The highest BCUT2D eigenvalue weighted by molar-refractivity contribution is 7.11. The van der Waals surface area contributed by atoms with Gasteiger partial charge >= 0.3 is 5.97 Å². The topological polar surface area (TPSA) is 57.7 Å². The summed E-state index contributed by atoms with van der Waals surface area (Å²) in [5.41, 5.74) is 1.80. The van der Waals surface area contributed by atoms with Gasteiger partial charge in [0.05, 0.1) is 25.5 Å². The standard InChI is InChI=1S/C15H17NO4S/c1-2-20-15(17)14-16-13(10-21-14)9-19-11-18-8-12-6-4-3-5-7-12/h3-7,10H,2,8-9,11H2,1H3. The Hall–Kier alpha value is -1.76. The predicted octanol–water partition coefficient (Wildman–Crippen LogP) is 3.01. The molecule has 0 N–H and O–H groups in total. The average Bonchev–Trinajstić information content (AvgIpc) is 2.97. The highest BCUT2D eigenvalue weighted by atomic mass is 32.1. The van der Waals surface area contributed by atoms with Crippen molar-refractivity contribution in [1.82, 2.24) is 4.98 Å². The van der Waals surface area contributed by atoms with Gasteiger partial charge in [-0.15, -0.1) is 11.3 Å². The first kappa shape index (κ1) is 15.6. The van der Waals surface area contributed by atoms with E-state index in [-0.39, 0.29) is 6.79 Å². The van der Waals surface area contributed by atoms with Crippen LogP contribution in [0.5, 0.6) is 0 Å². The Labute approximate surface area is 127 Å². The molecule has 2 rings (SSSR count). The van der Waals surface area contributed by atoms with E-state index in [2.05, 4.69) is 4.98 Å². The minimum absolute atomic E-state index is 0.182. The van der Waals surface area contributed by atoms with Crippen LogP contribution in [0.3, 0.4) is 0 Å². The predicted molar refractivity (Wildman–Crippen MR) is 79.0 cm³/mol. The van der Waals surface area contributed by atoms with Crippen molar-refractivity contribution in [2.24, 2.45) is 0 Å². The number of aromatic nitrogens is 1. The molecule has 0 aliphatic heterocycles.